The van der Waals surface area contributed by atoms with E-state index in [0.29, 0.717) is 91.7 Å². The van der Waals surface area contributed by atoms with Crippen molar-refractivity contribution in [3.63, 3.8) is 0 Å². The van der Waals surface area contributed by atoms with Crippen molar-refractivity contribution >= 4 is 45.7 Å². The van der Waals surface area contributed by atoms with Crippen molar-refractivity contribution in [1.29, 1.82) is 0 Å². The number of hydrogen-bond donors (Lipinski definition) is 0. The lowest BCUT2D eigenvalue weighted by atomic mass is 9.82. The third-order valence-corrected chi connectivity index (χ3v) is 12.9. The zero-order valence-corrected chi connectivity index (χ0v) is 37.3. The second-order valence-corrected chi connectivity index (χ2v) is 17.4. The Kier molecular flexibility index (Phi) is 13.8. The summed E-state index contributed by atoms with van der Waals surface area (Å²) < 4.78 is 25.9. The molecule has 4 aromatic carbocycles. The number of ether oxygens (including phenoxy) is 4. The molecule has 11 nitrogen and oxygen atoms in total. The minimum Gasteiger partial charge on any atom is -0.426 e. The Hall–Kier alpha value is -6.36. The summed E-state index contributed by atoms with van der Waals surface area (Å²) in [6.45, 7) is 6.23. The molecular weight excluding hydrogens is 807 g/mol. The van der Waals surface area contributed by atoms with E-state index >= 15 is 0 Å². The quantitative estimate of drug-likeness (QED) is 0.0769. The fourth-order valence-electron chi connectivity index (χ4n) is 9.26. The SMILES string of the molecule is CCCc1ccc(OC(=O)[C@H]2CC[C@H](C(=O)Oc3ccc(OC(=O)[C@H]4CC[C@H](C(=O)Oc5ccc(CCC)cc5)CC4)c4c(CC)nc(-c5cn(C)c6ccccc56)nc34)CC2)cc1. The van der Waals surface area contributed by atoms with Crippen LogP contribution in [0.4, 0.5) is 0 Å². The number of hydrogen-bond acceptors (Lipinski definition) is 10. The van der Waals surface area contributed by atoms with Crippen LogP contribution in [0.3, 0.4) is 0 Å². The number of fused-ring (bicyclic) bond motifs is 2. The van der Waals surface area contributed by atoms with Crippen LogP contribution in [-0.4, -0.2) is 38.4 Å². The number of para-hydroxylation sites is 1. The van der Waals surface area contributed by atoms with E-state index < -0.39 is 23.8 Å². The number of esters is 4. The van der Waals surface area contributed by atoms with E-state index in [-0.39, 0.29) is 35.3 Å². The summed E-state index contributed by atoms with van der Waals surface area (Å²) in [4.78, 5) is 64.1. The molecule has 2 aliphatic carbocycles. The van der Waals surface area contributed by atoms with E-state index in [1.807, 2.05) is 97.5 Å². The first-order chi connectivity index (χ1) is 31.1. The zero-order chi connectivity index (χ0) is 44.7. The molecule has 0 spiro atoms. The summed E-state index contributed by atoms with van der Waals surface area (Å²) in [7, 11) is 1.97. The number of nitrogens with zero attached hydrogens (tertiary/aromatic N) is 3. The predicted molar refractivity (Wildman–Crippen MR) is 245 cm³/mol. The van der Waals surface area contributed by atoms with Crippen LogP contribution >= 0.6 is 0 Å². The Morgan fingerprint density at radius 1 is 0.562 bits per heavy atom. The molecule has 0 N–H and O–H groups in total. The summed E-state index contributed by atoms with van der Waals surface area (Å²) >= 11 is 0. The van der Waals surface area contributed by atoms with Gasteiger partial charge in [0.25, 0.3) is 0 Å². The van der Waals surface area contributed by atoms with Crippen LogP contribution in [0.5, 0.6) is 23.0 Å². The number of carbonyl (C=O) groups is 4. The van der Waals surface area contributed by atoms with Crippen LogP contribution in [0, 0.1) is 23.7 Å². The van der Waals surface area contributed by atoms with Crippen LogP contribution in [0.2, 0.25) is 0 Å². The first kappa shape index (κ1) is 44.3. The van der Waals surface area contributed by atoms with Crippen LogP contribution < -0.4 is 18.9 Å². The summed E-state index contributed by atoms with van der Waals surface area (Å²) in [6, 6.07) is 26.6. The molecule has 2 aromatic heterocycles. The van der Waals surface area contributed by atoms with Crippen LogP contribution in [0.1, 0.15) is 102 Å². The van der Waals surface area contributed by atoms with E-state index in [4.69, 9.17) is 28.9 Å². The van der Waals surface area contributed by atoms with Gasteiger partial charge in [0, 0.05) is 29.7 Å². The average molecular weight is 864 g/mol. The maximum absolute atomic E-state index is 13.9. The molecule has 64 heavy (non-hydrogen) atoms. The minimum atomic E-state index is -0.422. The Labute approximate surface area is 374 Å². The number of benzene rings is 4. The molecule has 0 radical (unpaired) electrons. The molecule has 2 aliphatic rings. The number of rotatable bonds is 14. The summed E-state index contributed by atoms with van der Waals surface area (Å²) in [5.41, 5.74) is 5.24. The Bertz CT molecular complexity index is 2640. The molecule has 2 heterocycles. The minimum absolute atomic E-state index is 0.241. The van der Waals surface area contributed by atoms with E-state index in [1.165, 1.54) is 11.1 Å². The van der Waals surface area contributed by atoms with Gasteiger partial charge in [0.05, 0.1) is 34.8 Å². The first-order valence-corrected chi connectivity index (χ1v) is 23.0. The molecule has 0 unspecified atom stereocenters. The molecule has 0 aliphatic heterocycles. The standard InChI is InChI=1S/C53H57N3O8/c1-5-10-33-14-26-39(27-15-33)61-50(57)35-18-22-37(23-19-35)52(59)63-45-30-31-46(48-47(45)43(7-3)54-49(55-48)42-32-56(4)44-13-9-8-12-41(42)44)64-53(60)38-24-20-36(21-25-38)51(58)62-40-28-16-34(11-6-2)17-29-40/h8-9,12-17,26-32,35-38H,5-7,10-11,18-25H2,1-4H3/t35-,36-,37-,38-. The fraction of sp³-hybridized carbons (Fsp3) is 0.396. The molecule has 0 amide bonds. The summed E-state index contributed by atoms with van der Waals surface area (Å²) in [5, 5.41) is 1.47. The Balaban J connectivity index is 0.989. The van der Waals surface area contributed by atoms with Gasteiger partial charge in [0.15, 0.2) is 11.6 Å². The van der Waals surface area contributed by atoms with Crippen LogP contribution in [0.15, 0.2) is 91.1 Å². The Morgan fingerprint density at radius 2 is 1.02 bits per heavy atom. The van der Waals surface area contributed by atoms with Crippen molar-refractivity contribution < 1.29 is 38.1 Å². The molecule has 2 fully saturated rings. The van der Waals surface area contributed by atoms with Gasteiger partial charge in [-0.25, -0.2) is 9.97 Å². The van der Waals surface area contributed by atoms with Gasteiger partial charge >= 0.3 is 23.9 Å². The second kappa shape index (κ2) is 20.0. The van der Waals surface area contributed by atoms with Gasteiger partial charge in [0.2, 0.25) is 0 Å². The highest BCUT2D eigenvalue weighted by Crippen LogP contribution is 2.40. The maximum Gasteiger partial charge on any atom is 0.314 e. The molecular formula is C53H57N3O8. The highest BCUT2D eigenvalue weighted by atomic mass is 16.5. The van der Waals surface area contributed by atoms with Gasteiger partial charge in [-0.2, -0.15) is 0 Å². The van der Waals surface area contributed by atoms with Crippen LogP contribution in [0.25, 0.3) is 33.2 Å². The van der Waals surface area contributed by atoms with Gasteiger partial charge in [0.1, 0.15) is 22.8 Å². The van der Waals surface area contributed by atoms with Crippen LogP contribution in [-0.2, 0) is 45.5 Å². The molecule has 0 bridgehead atoms. The lowest BCUT2D eigenvalue weighted by Gasteiger charge is -2.26. The lowest BCUT2D eigenvalue weighted by Crippen LogP contribution is -2.30. The van der Waals surface area contributed by atoms with Gasteiger partial charge < -0.3 is 23.5 Å². The zero-order valence-electron chi connectivity index (χ0n) is 37.3. The molecule has 8 rings (SSSR count). The van der Waals surface area contributed by atoms with Crippen molar-refractivity contribution in [2.24, 2.45) is 30.7 Å². The number of carbonyl (C=O) groups excluding carboxylic acids is 4. The number of aromatic nitrogens is 3. The monoisotopic (exact) mass is 863 g/mol. The third-order valence-electron chi connectivity index (χ3n) is 12.9. The smallest absolute Gasteiger partial charge is 0.314 e. The van der Waals surface area contributed by atoms with E-state index in [1.54, 1.807) is 12.1 Å². The van der Waals surface area contributed by atoms with Crippen molar-refractivity contribution in [2.45, 2.75) is 104 Å². The first-order valence-electron chi connectivity index (χ1n) is 23.0. The normalized spacial score (nSPS) is 18.7. The summed E-state index contributed by atoms with van der Waals surface area (Å²) in [5.74, 6) is -0.775. The van der Waals surface area contributed by atoms with E-state index in [2.05, 4.69) is 13.8 Å². The lowest BCUT2D eigenvalue weighted by molar-refractivity contribution is -0.145. The van der Waals surface area contributed by atoms with Gasteiger partial charge in [-0.3, -0.25) is 19.2 Å². The van der Waals surface area contributed by atoms with Crippen molar-refractivity contribution in [1.82, 2.24) is 14.5 Å². The molecule has 0 saturated heterocycles. The van der Waals surface area contributed by atoms with Gasteiger partial charge in [-0.15, -0.1) is 0 Å². The van der Waals surface area contributed by atoms with E-state index in [9.17, 15) is 19.2 Å². The molecule has 0 atom stereocenters. The molecule has 332 valence electrons. The maximum atomic E-state index is 13.9. The van der Waals surface area contributed by atoms with Crippen molar-refractivity contribution in [2.75, 3.05) is 0 Å². The Morgan fingerprint density at radius 3 is 1.50 bits per heavy atom. The molecule has 6 aromatic rings. The topological polar surface area (TPSA) is 136 Å². The largest absolute Gasteiger partial charge is 0.426 e. The molecule has 11 heteroatoms. The third kappa shape index (κ3) is 9.88. The van der Waals surface area contributed by atoms with Crippen molar-refractivity contribution in [3.8, 4) is 34.4 Å². The van der Waals surface area contributed by atoms with Crippen molar-refractivity contribution in [3.05, 3.63) is 108 Å². The van der Waals surface area contributed by atoms with Gasteiger partial charge in [-0.1, -0.05) is 76.1 Å². The van der Waals surface area contributed by atoms with Gasteiger partial charge in [-0.05, 0) is 124 Å². The highest BCUT2D eigenvalue weighted by Gasteiger charge is 2.35. The fourth-order valence-corrected chi connectivity index (χ4v) is 9.26. The average Bonchev–Trinajstić information content (AvgIpc) is 3.66. The molecule has 2 saturated carbocycles. The number of aryl methyl sites for hydroxylation is 4. The predicted octanol–water partition coefficient (Wildman–Crippen LogP) is 10.9. The highest BCUT2D eigenvalue weighted by molar-refractivity contribution is 5.99. The second-order valence-electron chi connectivity index (χ2n) is 17.4. The van der Waals surface area contributed by atoms with E-state index in [0.717, 1.165) is 42.1 Å². The summed E-state index contributed by atoms with van der Waals surface area (Å²) in [6.07, 6.45) is 10.4.